The number of aromatic nitrogens is 1. The monoisotopic (exact) mass is 331 g/mol. The van der Waals surface area contributed by atoms with E-state index in [-0.39, 0.29) is 12.2 Å². The molecule has 2 rings (SSSR count). The van der Waals surface area contributed by atoms with Crippen LogP contribution in [-0.2, 0) is 9.53 Å². The summed E-state index contributed by atoms with van der Waals surface area (Å²) in [5, 5.41) is 0.989. The van der Waals surface area contributed by atoms with E-state index in [4.69, 9.17) is 4.74 Å². The molecule has 0 unspecified atom stereocenters. The lowest BCUT2D eigenvalue weighted by molar-refractivity contribution is -0.153. The fraction of sp³-hybridized carbons (Fsp3) is 0.389. The maximum absolute atomic E-state index is 12.3. The molecule has 0 bridgehead atoms. The van der Waals surface area contributed by atoms with Gasteiger partial charge in [-0.1, -0.05) is 18.2 Å². The zero-order chi connectivity index (χ0) is 17.2. The average Bonchev–Trinajstić information content (AvgIpc) is 2.75. The van der Waals surface area contributed by atoms with Crippen LogP contribution >= 0.6 is 11.3 Å². The van der Waals surface area contributed by atoms with Gasteiger partial charge in [-0.15, -0.1) is 11.3 Å². The number of ketones is 1. The van der Waals surface area contributed by atoms with Crippen LogP contribution in [0.15, 0.2) is 24.3 Å². The SMILES string of the molecule is Cc1nc(-c2cccc(C(=O)CC(=O)OC(C)(C)C)c2)c(C)s1. The number of carbonyl (C=O) groups is 2. The lowest BCUT2D eigenvalue weighted by atomic mass is 10.0. The number of rotatable bonds is 4. The van der Waals surface area contributed by atoms with Crippen LogP contribution in [0.1, 0.15) is 47.4 Å². The van der Waals surface area contributed by atoms with Gasteiger partial charge in [0.15, 0.2) is 5.78 Å². The molecule has 1 aromatic carbocycles. The molecule has 1 heterocycles. The Morgan fingerprint density at radius 3 is 2.48 bits per heavy atom. The van der Waals surface area contributed by atoms with Crippen molar-refractivity contribution < 1.29 is 14.3 Å². The molecule has 0 amide bonds. The molecular formula is C18H21NO3S. The largest absolute Gasteiger partial charge is 0.460 e. The molecule has 2 aromatic rings. The summed E-state index contributed by atoms with van der Waals surface area (Å²) in [6.45, 7) is 9.31. The Morgan fingerprint density at radius 2 is 1.91 bits per heavy atom. The quantitative estimate of drug-likeness (QED) is 0.475. The molecule has 0 aliphatic carbocycles. The minimum atomic E-state index is -0.589. The van der Waals surface area contributed by atoms with Crippen LogP contribution < -0.4 is 0 Å². The molecule has 0 spiro atoms. The Morgan fingerprint density at radius 1 is 1.22 bits per heavy atom. The predicted octanol–water partition coefficient (Wildman–Crippen LogP) is 4.34. The highest BCUT2D eigenvalue weighted by atomic mass is 32.1. The Balaban J connectivity index is 2.18. The summed E-state index contributed by atoms with van der Waals surface area (Å²) in [6, 6.07) is 7.23. The van der Waals surface area contributed by atoms with Crippen LogP contribution in [0.4, 0.5) is 0 Å². The van der Waals surface area contributed by atoms with Gasteiger partial charge in [-0.3, -0.25) is 9.59 Å². The van der Waals surface area contributed by atoms with E-state index in [1.54, 1.807) is 44.2 Å². The number of esters is 1. The topological polar surface area (TPSA) is 56.3 Å². The first-order chi connectivity index (χ1) is 10.7. The lowest BCUT2D eigenvalue weighted by Crippen LogP contribution is -2.25. The van der Waals surface area contributed by atoms with Crippen molar-refractivity contribution in [2.24, 2.45) is 0 Å². The van der Waals surface area contributed by atoms with E-state index in [1.165, 1.54) is 0 Å². The third-order valence-electron chi connectivity index (χ3n) is 3.09. The summed E-state index contributed by atoms with van der Waals surface area (Å²) in [4.78, 5) is 29.7. The maximum Gasteiger partial charge on any atom is 0.314 e. The van der Waals surface area contributed by atoms with Gasteiger partial charge in [0, 0.05) is 16.0 Å². The van der Waals surface area contributed by atoms with Crippen molar-refractivity contribution in [2.45, 2.75) is 46.6 Å². The summed E-state index contributed by atoms with van der Waals surface area (Å²) in [5.41, 5.74) is 1.69. The van der Waals surface area contributed by atoms with E-state index in [0.29, 0.717) is 5.56 Å². The second-order valence-corrected chi connectivity index (χ2v) is 7.81. The third kappa shape index (κ3) is 4.73. The normalized spacial score (nSPS) is 11.3. The minimum Gasteiger partial charge on any atom is -0.460 e. The fourth-order valence-corrected chi connectivity index (χ4v) is 3.09. The number of ether oxygens (including phenoxy) is 1. The van der Waals surface area contributed by atoms with Crippen LogP contribution in [0.3, 0.4) is 0 Å². The maximum atomic E-state index is 12.3. The highest BCUT2D eigenvalue weighted by molar-refractivity contribution is 7.11. The highest BCUT2D eigenvalue weighted by Crippen LogP contribution is 2.28. The number of aryl methyl sites for hydroxylation is 2. The number of hydrogen-bond acceptors (Lipinski definition) is 5. The van der Waals surface area contributed by atoms with Gasteiger partial charge in [0.05, 0.1) is 10.7 Å². The van der Waals surface area contributed by atoms with Gasteiger partial charge in [-0.2, -0.15) is 0 Å². The smallest absolute Gasteiger partial charge is 0.314 e. The first kappa shape index (κ1) is 17.3. The van der Waals surface area contributed by atoms with Crippen molar-refractivity contribution in [3.63, 3.8) is 0 Å². The van der Waals surface area contributed by atoms with Crippen molar-refractivity contribution in [1.82, 2.24) is 4.98 Å². The molecule has 0 saturated carbocycles. The van der Waals surface area contributed by atoms with E-state index < -0.39 is 11.6 Å². The summed E-state index contributed by atoms with van der Waals surface area (Å²) in [7, 11) is 0. The van der Waals surface area contributed by atoms with Gasteiger partial charge in [0.1, 0.15) is 12.0 Å². The summed E-state index contributed by atoms with van der Waals surface area (Å²) in [5.74, 6) is -0.751. The summed E-state index contributed by atoms with van der Waals surface area (Å²) < 4.78 is 5.20. The number of Topliss-reactive ketones (excluding diaryl/α,β-unsaturated/α-hetero) is 1. The number of carbonyl (C=O) groups excluding carboxylic acids is 2. The van der Waals surface area contributed by atoms with Crippen LogP contribution in [0, 0.1) is 13.8 Å². The number of hydrogen-bond donors (Lipinski definition) is 0. The van der Waals surface area contributed by atoms with Gasteiger partial charge < -0.3 is 4.74 Å². The molecule has 122 valence electrons. The zero-order valence-electron chi connectivity index (χ0n) is 14.1. The second kappa shape index (κ2) is 6.62. The van der Waals surface area contributed by atoms with Crippen LogP contribution in [-0.4, -0.2) is 22.3 Å². The molecule has 0 fully saturated rings. The number of benzene rings is 1. The fourth-order valence-electron chi connectivity index (χ4n) is 2.25. The minimum absolute atomic E-state index is 0.245. The number of thiazole rings is 1. The number of nitrogens with zero attached hydrogens (tertiary/aromatic N) is 1. The lowest BCUT2D eigenvalue weighted by Gasteiger charge is -2.19. The van der Waals surface area contributed by atoms with Crippen molar-refractivity contribution >= 4 is 23.1 Å². The Hall–Kier alpha value is -2.01. The van der Waals surface area contributed by atoms with Crippen molar-refractivity contribution in [2.75, 3.05) is 0 Å². The van der Waals surface area contributed by atoms with Gasteiger partial charge in [-0.05, 0) is 40.7 Å². The first-order valence-electron chi connectivity index (χ1n) is 7.45. The van der Waals surface area contributed by atoms with Gasteiger partial charge in [0.2, 0.25) is 0 Å². The van der Waals surface area contributed by atoms with Crippen LogP contribution in [0.5, 0.6) is 0 Å². The molecular weight excluding hydrogens is 310 g/mol. The van der Waals surface area contributed by atoms with Crippen LogP contribution in [0.2, 0.25) is 0 Å². The van der Waals surface area contributed by atoms with Gasteiger partial charge >= 0.3 is 5.97 Å². The molecule has 0 saturated heterocycles. The van der Waals surface area contributed by atoms with Crippen molar-refractivity contribution in [3.8, 4) is 11.3 Å². The summed E-state index contributed by atoms with van der Waals surface area (Å²) in [6.07, 6.45) is -0.254. The Bertz CT molecular complexity index is 741. The second-order valence-electron chi connectivity index (χ2n) is 6.40. The van der Waals surface area contributed by atoms with Crippen molar-refractivity contribution in [1.29, 1.82) is 0 Å². The average molecular weight is 331 g/mol. The van der Waals surface area contributed by atoms with E-state index in [2.05, 4.69) is 4.98 Å². The Labute approximate surface area is 140 Å². The van der Waals surface area contributed by atoms with E-state index in [9.17, 15) is 9.59 Å². The molecule has 0 aliphatic heterocycles. The van der Waals surface area contributed by atoms with Crippen molar-refractivity contribution in [3.05, 3.63) is 39.7 Å². The third-order valence-corrected chi connectivity index (χ3v) is 3.97. The highest BCUT2D eigenvalue weighted by Gasteiger charge is 2.20. The Kier molecular flexibility index (Phi) is 5.00. The van der Waals surface area contributed by atoms with E-state index >= 15 is 0 Å². The first-order valence-corrected chi connectivity index (χ1v) is 8.27. The standard InChI is InChI=1S/C18H21NO3S/c1-11-17(19-12(2)23-11)14-8-6-7-13(9-14)15(20)10-16(21)22-18(3,4)5/h6-9H,10H2,1-5H3. The predicted molar refractivity (Wildman–Crippen MR) is 91.8 cm³/mol. The molecule has 0 radical (unpaired) electrons. The van der Waals surface area contributed by atoms with Gasteiger partial charge in [0.25, 0.3) is 0 Å². The molecule has 1 aromatic heterocycles. The molecule has 0 N–H and O–H groups in total. The molecule has 23 heavy (non-hydrogen) atoms. The molecule has 0 atom stereocenters. The molecule has 4 nitrogen and oxygen atoms in total. The molecule has 5 heteroatoms. The van der Waals surface area contributed by atoms with E-state index in [1.807, 2.05) is 26.0 Å². The zero-order valence-corrected chi connectivity index (χ0v) is 14.9. The van der Waals surface area contributed by atoms with Crippen LogP contribution in [0.25, 0.3) is 11.3 Å². The van der Waals surface area contributed by atoms with E-state index in [0.717, 1.165) is 21.1 Å². The molecule has 0 aliphatic rings. The van der Waals surface area contributed by atoms with Gasteiger partial charge in [-0.25, -0.2) is 4.98 Å². The summed E-state index contributed by atoms with van der Waals surface area (Å²) >= 11 is 1.63.